The first-order valence-corrected chi connectivity index (χ1v) is 4.38. The van der Waals surface area contributed by atoms with Gasteiger partial charge in [0.2, 0.25) is 0 Å². The number of aldehydes is 1. The zero-order valence-corrected chi connectivity index (χ0v) is 7.99. The maximum absolute atomic E-state index is 10.2. The first-order valence-electron chi connectivity index (χ1n) is 3.97. The molecule has 0 bridgehead atoms. The van der Waals surface area contributed by atoms with E-state index in [1.165, 1.54) is 0 Å². The highest BCUT2D eigenvalue weighted by atomic mass is 32.1. The lowest BCUT2D eigenvalue weighted by molar-refractivity contribution is -0.108. The molecule has 0 radical (unpaired) electrons. The molecule has 0 saturated carbocycles. The lowest BCUT2D eigenvalue weighted by atomic mass is 10.0. The predicted molar refractivity (Wildman–Crippen MR) is 53.9 cm³/mol. The molecule has 0 unspecified atom stereocenters. The second-order valence-electron chi connectivity index (χ2n) is 2.36. The van der Waals surface area contributed by atoms with Crippen LogP contribution in [-0.4, -0.2) is 37.1 Å². The standard InChI is InChI=1S/C7H14BNOS/c1-2-3-9(4-5-10)7(11)6-8/h5H,2-4,6,8H2,1H3. The van der Waals surface area contributed by atoms with Crippen molar-refractivity contribution in [2.75, 3.05) is 13.1 Å². The van der Waals surface area contributed by atoms with Crippen LogP contribution in [0.3, 0.4) is 0 Å². The van der Waals surface area contributed by atoms with Gasteiger partial charge in [-0.15, -0.1) is 0 Å². The van der Waals surface area contributed by atoms with Gasteiger partial charge in [0.05, 0.1) is 11.5 Å². The molecule has 0 N–H and O–H groups in total. The Kier molecular flexibility index (Phi) is 6.13. The molecule has 0 aromatic carbocycles. The van der Waals surface area contributed by atoms with Crippen molar-refractivity contribution < 1.29 is 4.79 Å². The summed E-state index contributed by atoms with van der Waals surface area (Å²) in [5, 5.41) is 0. The van der Waals surface area contributed by atoms with Gasteiger partial charge in [0.1, 0.15) is 14.1 Å². The molecular weight excluding hydrogens is 157 g/mol. The van der Waals surface area contributed by atoms with Gasteiger partial charge in [-0.2, -0.15) is 0 Å². The number of rotatable bonds is 5. The number of thiocarbonyl (C=S) groups is 1. The van der Waals surface area contributed by atoms with Gasteiger partial charge < -0.3 is 9.69 Å². The quantitative estimate of drug-likeness (QED) is 0.336. The molecule has 0 aliphatic heterocycles. The van der Waals surface area contributed by atoms with E-state index in [1.54, 1.807) is 0 Å². The van der Waals surface area contributed by atoms with Crippen LogP contribution in [0.4, 0.5) is 0 Å². The van der Waals surface area contributed by atoms with Crippen LogP contribution in [-0.2, 0) is 4.79 Å². The largest absolute Gasteiger partial charge is 0.360 e. The highest BCUT2D eigenvalue weighted by Gasteiger charge is 2.04. The number of carbonyl (C=O) groups excluding carboxylic acids is 1. The van der Waals surface area contributed by atoms with Crippen LogP contribution < -0.4 is 0 Å². The van der Waals surface area contributed by atoms with Crippen molar-refractivity contribution >= 4 is 31.3 Å². The zero-order chi connectivity index (χ0) is 8.69. The molecule has 0 spiro atoms. The summed E-state index contributed by atoms with van der Waals surface area (Å²) in [5.74, 6) is 0. The molecule has 0 amide bonds. The highest BCUT2D eigenvalue weighted by Crippen LogP contribution is 1.96. The van der Waals surface area contributed by atoms with Gasteiger partial charge in [0, 0.05) is 6.54 Å². The van der Waals surface area contributed by atoms with Crippen LogP contribution in [0.1, 0.15) is 13.3 Å². The van der Waals surface area contributed by atoms with E-state index in [2.05, 4.69) is 6.92 Å². The molecule has 0 aliphatic carbocycles. The molecule has 2 nitrogen and oxygen atoms in total. The average molecular weight is 171 g/mol. The number of nitrogens with zero attached hydrogens (tertiary/aromatic N) is 1. The second-order valence-corrected chi connectivity index (χ2v) is 2.83. The molecule has 62 valence electrons. The minimum Gasteiger partial charge on any atom is -0.360 e. The third-order valence-electron chi connectivity index (χ3n) is 1.44. The van der Waals surface area contributed by atoms with Gasteiger partial charge in [-0.3, -0.25) is 0 Å². The van der Waals surface area contributed by atoms with E-state index in [1.807, 2.05) is 12.7 Å². The Morgan fingerprint density at radius 1 is 1.73 bits per heavy atom. The van der Waals surface area contributed by atoms with Gasteiger partial charge in [-0.25, -0.2) is 0 Å². The first kappa shape index (κ1) is 10.6. The van der Waals surface area contributed by atoms with E-state index in [9.17, 15) is 4.79 Å². The summed E-state index contributed by atoms with van der Waals surface area (Å²) in [6.07, 6.45) is 2.79. The van der Waals surface area contributed by atoms with Crippen molar-refractivity contribution in [3.63, 3.8) is 0 Å². The van der Waals surface area contributed by atoms with E-state index < -0.39 is 0 Å². The monoisotopic (exact) mass is 171 g/mol. The third kappa shape index (κ3) is 4.14. The van der Waals surface area contributed by atoms with Crippen LogP contribution in [0.5, 0.6) is 0 Å². The van der Waals surface area contributed by atoms with Crippen molar-refractivity contribution in [1.82, 2.24) is 4.90 Å². The smallest absolute Gasteiger partial charge is 0.139 e. The number of hydrogen-bond acceptors (Lipinski definition) is 2. The fraction of sp³-hybridized carbons (Fsp3) is 0.714. The fourth-order valence-corrected chi connectivity index (χ4v) is 1.07. The van der Waals surface area contributed by atoms with Gasteiger partial charge in [0.25, 0.3) is 0 Å². The maximum atomic E-state index is 10.2. The zero-order valence-electron chi connectivity index (χ0n) is 7.17. The van der Waals surface area contributed by atoms with Crippen LogP contribution in [0, 0.1) is 0 Å². The number of carbonyl (C=O) groups is 1. The van der Waals surface area contributed by atoms with Crippen molar-refractivity contribution in [3.8, 4) is 0 Å². The minimum atomic E-state index is 0.445. The highest BCUT2D eigenvalue weighted by molar-refractivity contribution is 7.80. The second kappa shape index (κ2) is 6.34. The summed E-state index contributed by atoms with van der Waals surface area (Å²) < 4.78 is 0. The minimum absolute atomic E-state index is 0.445. The van der Waals surface area contributed by atoms with Crippen molar-refractivity contribution in [2.45, 2.75) is 19.7 Å². The average Bonchev–Trinajstić information content (AvgIpc) is 2.03. The summed E-state index contributed by atoms with van der Waals surface area (Å²) in [6.45, 7) is 3.42. The van der Waals surface area contributed by atoms with Crippen LogP contribution in [0.25, 0.3) is 0 Å². The van der Waals surface area contributed by atoms with E-state index in [-0.39, 0.29) is 0 Å². The summed E-state index contributed by atoms with van der Waals surface area (Å²) in [5.41, 5.74) is 0. The predicted octanol–water partition coefficient (Wildman–Crippen LogP) is 0.276. The van der Waals surface area contributed by atoms with E-state index in [4.69, 9.17) is 12.2 Å². The topological polar surface area (TPSA) is 20.3 Å². The lowest BCUT2D eigenvalue weighted by Gasteiger charge is -2.21. The van der Waals surface area contributed by atoms with E-state index in [0.717, 1.165) is 30.6 Å². The molecule has 0 rings (SSSR count). The molecule has 11 heavy (non-hydrogen) atoms. The third-order valence-corrected chi connectivity index (χ3v) is 1.99. The molecule has 0 aromatic rings. The molecule has 0 fully saturated rings. The summed E-state index contributed by atoms with van der Waals surface area (Å²) in [4.78, 5) is 13.0. The molecule has 0 atom stereocenters. The summed E-state index contributed by atoms with van der Waals surface area (Å²) in [7, 11) is 2.01. The Morgan fingerprint density at radius 3 is 2.73 bits per heavy atom. The SMILES string of the molecule is BCC(=S)N(CC=O)CCC. The summed E-state index contributed by atoms with van der Waals surface area (Å²) in [6, 6.07) is 0. The number of hydrogen-bond donors (Lipinski definition) is 0. The molecule has 0 aromatic heterocycles. The van der Waals surface area contributed by atoms with Gasteiger partial charge >= 0.3 is 0 Å². The molecular formula is C7H14BNOS. The normalized spacial score (nSPS) is 9.18. The maximum Gasteiger partial charge on any atom is 0.139 e. The molecule has 0 saturated heterocycles. The Bertz CT molecular complexity index is 140. The van der Waals surface area contributed by atoms with Gasteiger partial charge in [-0.1, -0.05) is 19.1 Å². The fourth-order valence-electron chi connectivity index (χ4n) is 0.901. The van der Waals surface area contributed by atoms with Crippen molar-refractivity contribution in [2.24, 2.45) is 0 Å². The van der Waals surface area contributed by atoms with E-state index in [0.29, 0.717) is 6.54 Å². The lowest BCUT2D eigenvalue weighted by Crippen LogP contribution is -2.31. The van der Waals surface area contributed by atoms with Crippen LogP contribution in [0.2, 0.25) is 6.32 Å². The van der Waals surface area contributed by atoms with Crippen molar-refractivity contribution in [1.29, 1.82) is 0 Å². The Balaban J connectivity index is 3.86. The first-order chi connectivity index (χ1) is 5.26. The molecule has 0 heterocycles. The Labute approximate surface area is 74.4 Å². The van der Waals surface area contributed by atoms with E-state index >= 15 is 0 Å². The van der Waals surface area contributed by atoms with Crippen molar-refractivity contribution in [3.05, 3.63) is 0 Å². The Hall–Kier alpha value is -0.375. The van der Waals surface area contributed by atoms with Crippen LogP contribution >= 0.6 is 12.2 Å². The summed E-state index contributed by atoms with van der Waals surface area (Å²) >= 11 is 5.07. The van der Waals surface area contributed by atoms with Gasteiger partial charge in [0.15, 0.2) is 0 Å². The Morgan fingerprint density at radius 2 is 2.36 bits per heavy atom. The van der Waals surface area contributed by atoms with Crippen LogP contribution in [0.15, 0.2) is 0 Å². The molecule has 0 aliphatic rings. The van der Waals surface area contributed by atoms with Gasteiger partial charge in [-0.05, 0) is 12.7 Å². The molecule has 4 heteroatoms.